The number of nitrogens with zero attached hydrogens (tertiary/aromatic N) is 1. The summed E-state index contributed by atoms with van der Waals surface area (Å²) < 4.78 is 6.97. The predicted octanol–water partition coefficient (Wildman–Crippen LogP) is 3.32. The van der Waals surface area contributed by atoms with Crippen LogP contribution in [0.5, 0.6) is 0 Å². The summed E-state index contributed by atoms with van der Waals surface area (Å²) in [5.41, 5.74) is 2.89. The summed E-state index contributed by atoms with van der Waals surface area (Å²) in [5, 5.41) is 1.16. The number of rotatable bonds is 2. The van der Waals surface area contributed by atoms with Crippen LogP contribution in [0.2, 0.25) is 0 Å². The highest BCUT2D eigenvalue weighted by Crippen LogP contribution is 2.24. The second-order valence-electron chi connectivity index (χ2n) is 4.51. The number of carbonyl (C=O) groups is 1. The summed E-state index contributed by atoms with van der Waals surface area (Å²) in [5.74, 6) is -0.291. The first-order valence-corrected chi connectivity index (χ1v) is 5.74. The average Bonchev–Trinajstić information content (AvgIpc) is 2.62. The van der Waals surface area contributed by atoms with Crippen LogP contribution in [0.3, 0.4) is 0 Å². The maximum atomic E-state index is 11.5. The molecule has 0 unspecified atom stereocenters. The zero-order valence-corrected chi connectivity index (χ0v) is 10.7. The summed E-state index contributed by atoms with van der Waals surface area (Å²) in [4.78, 5) is 11.5. The van der Waals surface area contributed by atoms with Gasteiger partial charge in [-0.05, 0) is 44.4 Å². The van der Waals surface area contributed by atoms with E-state index >= 15 is 0 Å². The van der Waals surface area contributed by atoms with Crippen molar-refractivity contribution in [3.8, 4) is 0 Å². The molecule has 0 N–H and O–H groups in total. The van der Waals surface area contributed by atoms with Crippen molar-refractivity contribution >= 4 is 16.9 Å². The number of methoxy groups -OCH3 is 1. The van der Waals surface area contributed by atoms with Crippen molar-refractivity contribution in [2.75, 3.05) is 7.11 Å². The largest absolute Gasteiger partial charge is 0.465 e. The molecule has 17 heavy (non-hydrogen) atoms. The van der Waals surface area contributed by atoms with E-state index in [1.807, 2.05) is 12.1 Å². The number of aryl methyl sites for hydroxylation is 1. The molecule has 0 spiro atoms. The topological polar surface area (TPSA) is 31.2 Å². The summed E-state index contributed by atoms with van der Waals surface area (Å²) in [6.07, 6.45) is 0. The Hall–Kier alpha value is -1.77. The lowest BCUT2D eigenvalue weighted by Gasteiger charge is -2.12. The molecule has 0 radical (unpaired) electrons. The first-order chi connectivity index (χ1) is 8.04. The van der Waals surface area contributed by atoms with Crippen molar-refractivity contribution in [3.05, 3.63) is 35.5 Å². The molecule has 0 saturated carbocycles. The molecule has 0 atom stereocenters. The van der Waals surface area contributed by atoms with Crippen LogP contribution in [0.4, 0.5) is 0 Å². The molecular formula is C14H17NO2. The van der Waals surface area contributed by atoms with Crippen molar-refractivity contribution in [1.29, 1.82) is 0 Å². The van der Waals surface area contributed by atoms with E-state index in [0.29, 0.717) is 11.6 Å². The third kappa shape index (κ3) is 1.93. The fourth-order valence-electron chi connectivity index (χ4n) is 2.29. The van der Waals surface area contributed by atoms with Crippen LogP contribution >= 0.6 is 0 Å². The lowest BCUT2D eigenvalue weighted by molar-refractivity contribution is 0.0601. The van der Waals surface area contributed by atoms with Gasteiger partial charge in [-0.2, -0.15) is 0 Å². The molecular weight excluding hydrogens is 214 g/mol. The second kappa shape index (κ2) is 4.24. The lowest BCUT2D eigenvalue weighted by Crippen LogP contribution is -2.04. The number of benzene rings is 1. The number of fused-ring (bicyclic) bond motifs is 1. The molecule has 0 saturated heterocycles. The summed E-state index contributed by atoms with van der Waals surface area (Å²) in [6.45, 7) is 6.35. The zero-order chi connectivity index (χ0) is 12.6. The Kier molecular flexibility index (Phi) is 2.92. The van der Waals surface area contributed by atoms with Gasteiger partial charge in [0.1, 0.15) is 0 Å². The van der Waals surface area contributed by atoms with E-state index in [4.69, 9.17) is 4.74 Å². The van der Waals surface area contributed by atoms with Crippen molar-refractivity contribution < 1.29 is 9.53 Å². The average molecular weight is 231 g/mol. The molecule has 1 aromatic carbocycles. The van der Waals surface area contributed by atoms with Crippen LogP contribution in [0.1, 0.15) is 35.9 Å². The Morgan fingerprint density at radius 3 is 2.59 bits per heavy atom. The first kappa shape index (κ1) is 11.7. The maximum absolute atomic E-state index is 11.5. The van der Waals surface area contributed by atoms with Crippen LogP contribution in [-0.2, 0) is 4.74 Å². The van der Waals surface area contributed by atoms with Gasteiger partial charge in [-0.25, -0.2) is 4.79 Å². The number of esters is 1. The van der Waals surface area contributed by atoms with Gasteiger partial charge in [0.2, 0.25) is 0 Å². The smallest absolute Gasteiger partial charge is 0.337 e. The highest BCUT2D eigenvalue weighted by atomic mass is 16.5. The minimum atomic E-state index is -0.291. The molecule has 0 bridgehead atoms. The Balaban J connectivity index is 2.66. The van der Waals surface area contributed by atoms with E-state index in [1.54, 1.807) is 6.07 Å². The Labute approximate surface area is 101 Å². The fourth-order valence-corrected chi connectivity index (χ4v) is 2.29. The van der Waals surface area contributed by atoms with Gasteiger partial charge in [0.05, 0.1) is 12.7 Å². The predicted molar refractivity (Wildman–Crippen MR) is 68.4 cm³/mol. The minimum absolute atomic E-state index is 0.291. The van der Waals surface area contributed by atoms with Gasteiger partial charge in [-0.1, -0.05) is 6.07 Å². The normalized spacial score (nSPS) is 11.1. The van der Waals surface area contributed by atoms with Gasteiger partial charge in [-0.15, -0.1) is 0 Å². The van der Waals surface area contributed by atoms with Gasteiger partial charge in [-0.3, -0.25) is 0 Å². The molecule has 0 aliphatic rings. The van der Waals surface area contributed by atoms with Crippen molar-refractivity contribution in [1.82, 2.24) is 4.57 Å². The van der Waals surface area contributed by atoms with Crippen molar-refractivity contribution in [2.45, 2.75) is 26.8 Å². The summed E-state index contributed by atoms with van der Waals surface area (Å²) in [6, 6.07) is 8.18. The quantitative estimate of drug-likeness (QED) is 0.742. The maximum Gasteiger partial charge on any atom is 0.337 e. The molecule has 90 valence electrons. The number of carbonyl (C=O) groups excluding carboxylic acids is 1. The van der Waals surface area contributed by atoms with E-state index in [-0.39, 0.29) is 5.97 Å². The van der Waals surface area contributed by atoms with Crippen LogP contribution in [-0.4, -0.2) is 17.6 Å². The Bertz CT molecular complexity index is 567. The first-order valence-electron chi connectivity index (χ1n) is 5.74. The van der Waals surface area contributed by atoms with E-state index < -0.39 is 0 Å². The Morgan fingerprint density at radius 2 is 2.00 bits per heavy atom. The van der Waals surface area contributed by atoms with Crippen molar-refractivity contribution in [2.24, 2.45) is 0 Å². The van der Waals surface area contributed by atoms with Crippen LogP contribution < -0.4 is 0 Å². The Morgan fingerprint density at radius 1 is 1.29 bits per heavy atom. The number of hydrogen-bond donors (Lipinski definition) is 0. The standard InChI is InChI=1S/C14H17NO2/c1-9(2)15-10(3)7-11-5-6-12(8-13(11)15)14(16)17-4/h5-9H,1-4H3. The summed E-state index contributed by atoms with van der Waals surface area (Å²) >= 11 is 0. The SMILES string of the molecule is COC(=O)c1ccc2cc(C)n(C(C)C)c2c1. The van der Waals surface area contributed by atoms with Crippen LogP contribution in [0.15, 0.2) is 24.3 Å². The molecule has 2 aromatic rings. The van der Waals surface area contributed by atoms with Gasteiger partial charge in [0.15, 0.2) is 0 Å². The number of aromatic nitrogens is 1. The van der Waals surface area contributed by atoms with E-state index in [0.717, 1.165) is 10.9 Å². The van der Waals surface area contributed by atoms with Crippen molar-refractivity contribution in [3.63, 3.8) is 0 Å². The molecule has 1 aromatic heterocycles. The van der Waals surface area contributed by atoms with Gasteiger partial charge in [0, 0.05) is 17.3 Å². The third-order valence-electron chi connectivity index (χ3n) is 2.97. The van der Waals surface area contributed by atoms with Gasteiger partial charge in [0.25, 0.3) is 0 Å². The van der Waals surface area contributed by atoms with E-state index in [9.17, 15) is 4.79 Å². The lowest BCUT2D eigenvalue weighted by atomic mass is 10.1. The van der Waals surface area contributed by atoms with E-state index in [2.05, 4.69) is 31.4 Å². The van der Waals surface area contributed by atoms with Gasteiger partial charge < -0.3 is 9.30 Å². The van der Waals surface area contributed by atoms with Gasteiger partial charge >= 0.3 is 5.97 Å². The fraction of sp³-hybridized carbons (Fsp3) is 0.357. The summed E-state index contributed by atoms with van der Waals surface area (Å²) in [7, 11) is 1.40. The van der Waals surface area contributed by atoms with E-state index in [1.165, 1.54) is 12.8 Å². The third-order valence-corrected chi connectivity index (χ3v) is 2.97. The highest BCUT2D eigenvalue weighted by molar-refractivity contribution is 5.94. The zero-order valence-electron chi connectivity index (χ0n) is 10.7. The molecule has 3 nitrogen and oxygen atoms in total. The molecule has 0 aliphatic carbocycles. The molecule has 0 amide bonds. The van der Waals surface area contributed by atoms with Crippen LogP contribution in [0.25, 0.3) is 10.9 Å². The molecule has 0 aliphatic heterocycles. The molecule has 1 heterocycles. The second-order valence-corrected chi connectivity index (χ2v) is 4.51. The monoisotopic (exact) mass is 231 g/mol. The number of ether oxygens (including phenoxy) is 1. The molecule has 2 rings (SSSR count). The molecule has 0 fully saturated rings. The number of hydrogen-bond acceptors (Lipinski definition) is 2. The highest BCUT2D eigenvalue weighted by Gasteiger charge is 2.12. The van der Waals surface area contributed by atoms with Crippen LogP contribution in [0, 0.1) is 6.92 Å². The molecule has 3 heteroatoms. The minimum Gasteiger partial charge on any atom is -0.465 e.